The normalized spacial score (nSPS) is 14.1. The first-order valence-corrected chi connectivity index (χ1v) is 4.53. The minimum absolute atomic E-state index is 0.114. The van der Waals surface area contributed by atoms with Gasteiger partial charge in [-0.2, -0.15) is 5.10 Å². The van der Waals surface area contributed by atoms with Crippen molar-refractivity contribution in [3.8, 4) is 11.6 Å². The maximum absolute atomic E-state index is 11.6. The van der Waals surface area contributed by atoms with Gasteiger partial charge in [0.1, 0.15) is 6.33 Å². The van der Waals surface area contributed by atoms with Gasteiger partial charge in [0.05, 0.1) is 11.3 Å². The lowest BCUT2D eigenvalue weighted by Gasteiger charge is -1.99. The Morgan fingerprint density at radius 3 is 3.00 bits per heavy atom. The van der Waals surface area contributed by atoms with Crippen LogP contribution in [0.3, 0.4) is 0 Å². The Balaban J connectivity index is 2.20. The Labute approximate surface area is 84.0 Å². The minimum atomic E-state index is -0.114. The fourth-order valence-corrected chi connectivity index (χ4v) is 1.61. The van der Waals surface area contributed by atoms with Gasteiger partial charge in [-0.1, -0.05) is 0 Å². The monoisotopic (exact) mass is 204 g/mol. The number of hydrogen-bond donors (Lipinski definition) is 3. The highest BCUT2D eigenvalue weighted by atomic mass is 16.1. The van der Waals surface area contributed by atoms with Gasteiger partial charge in [0.15, 0.2) is 11.6 Å². The van der Waals surface area contributed by atoms with Crippen molar-refractivity contribution in [3.63, 3.8) is 0 Å². The third-order valence-corrected chi connectivity index (χ3v) is 2.33. The molecule has 0 fully saturated rings. The number of aromatic nitrogens is 5. The molecule has 1 aliphatic heterocycles. The first-order valence-electron chi connectivity index (χ1n) is 4.53. The van der Waals surface area contributed by atoms with E-state index in [-0.39, 0.29) is 5.56 Å². The Morgan fingerprint density at radius 2 is 2.20 bits per heavy atom. The molecule has 1 aliphatic rings. The molecule has 0 radical (unpaired) electrons. The highest BCUT2D eigenvalue weighted by Crippen LogP contribution is 2.11. The van der Waals surface area contributed by atoms with E-state index in [2.05, 4.69) is 30.5 Å². The minimum Gasteiger partial charge on any atom is -0.307 e. The largest absolute Gasteiger partial charge is 0.307 e. The molecule has 76 valence electrons. The Bertz CT molecular complexity index is 543. The zero-order valence-corrected chi connectivity index (χ0v) is 7.74. The average Bonchev–Trinajstić information content (AvgIpc) is 2.88. The highest BCUT2D eigenvalue weighted by molar-refractivity contribution is 5.42. The van der Waals surface area contributed by atoms with Gasteiger partial charge in [0.25, 0.3) is 5.56 Å². The fraction of sp³-hybridized carbons (Fsp3) is 0.250. The zero-order valence-electron chi connectivity index (χ0n) is 7.74. The second-order valence-electron chi connectivity index (χ2n) is 3.28. The Kier molecular flexibility index (Phi) is 1.65. The number of nitrogens with one attached hydrogen (secondary N) is 3. The summed E-state index contributed by atoms with van der Waals surface area (Å²) in [4.78, 5) is 22.5. The van der Waals surface area contributed by atoms with Crippen molar-refractivity contribution in [2.75, 3.05) is 0 Å². The molecule has 0 aromatic carbocycles. The third-order valence-electron chi connectivity index (χ3n) is 2.33. The van der Waals surface area contributed by atoms with Crippen LogP contribution in [-0.2, 0) is 13.1 Å². The lowest BCUT2D eigenvalue weighted by molar-refractivity contribution is 0.756. The molecule has 0 atom stereocenters. The predicted octanol–water partition coefficient (Wildman–Crippen LogP) is -0.842. The summed E-state index contributed by atoms with van der Waals surface area (Å²) in [6.07, 6.45) is 1.38. The van der Waals surface area contributed by atoms with E-state index in [9.17, 15) is 4.79 Å². The van der Waals surface area contributed by atoms with E-state index in [1.807, 2.05) is 0 Å². The van der Waals surface area contributed by atoms with Gasteiger partial charge in [0, 0.05) is 13.1 Å². The first-order chi connectivity index (χ1) is 7.34. The van der Waals surface area contributed by atoms with E-state index in [1.54, 1.807) is 0 Å². The van der Waals surface area contributed by atoms with Crippen LogP contribution in [0.5, 0.6) is 0 Å². The van der Waals surface area contributed by atoms with Crippen molar-refractivity contribution < 1.29 is 0 Å². The van der Waals surface area contributed by atoms with E-state index in [0.717, 1.165) is 5.69 Å². The molecule has 2 aromatic rings. The Hall–Kier alpha value is -2.02. The van der Waals surface area contributed by atoms with E-state index in [1.165, 1.54) is 6.33 Å². The second kappa shape index (κ2) is 2.99. The van der Waals surface area contributed by atoms with Crippen molar-refractivity contribution in [1.29, 1.82) is 0 Å². The quantitative estimate of drug-likeness (QED) is 0.562. The molecule has 0 saturated carbocycles. The highest BCUT2D eigenvalue weighted by Gasteiger charge is 2.17. The maximum Gasteiger partial charge on any atom is 0.256 e. The van der Waals surface area contributed by atoms with Gasteiger partial charge in [-0.25, -0.2) is 9.97 Å². The molecule has 0 aliphatic carbocycles. The van der Waals surface area contributed by atoms with Crippen molar-refractivity contribution in [1.82, 2.24) is 30.5 Å². The molecule has 7 heteroatoms. The van der Waals surface area contributed by atoms with Gasteiger partial charge in [-0.15, -0.1) is 0 Å². The summed E-state index contributed by atoms with van der Waals surface area (Å²) in [7, 11) is 0. The van der Waals surface area contributed by atoms with Crippen LogP contribution >= 0.6 is 0 Å². The van der Waals surface area contributed by atoms with Crippen LogP contribution in [0.2, 0.25) is 0 Å². The summed E-state index contributed by atoms with van der Waals surface area (Å²) in [6.45, 7) is 1.20. The lowest BCUT2D eigenvalue weighted by Crippen LogP contribution is -2.16. The average molecular weight is 204 g/mol. The summed E-state index contributed by atoms with van der Waals surface area (Å²) in [6, 6.07) is 0. The van der Waals surface area contributed by atoms with E-state index >= 15 is 0 Å². The molecule has 2 aromatic heterocycles. The predicted molar refractivity (Wildman–Crippen MR) is 50.8 cm³/mol. The number of aromatic amines is 2. The van der Waals surface area contributed by atoms with Gasteiger partial charge in [-0.3, -0.25) is 9.89 Å². The molecule has 15 heavy (non-hydrogen) atoms. The topological polar surface area (TPSA) is 99.4 Å². The van der Waals surface area contributed by atoms with Crippen molar-refractivity contribution in [2.45, 2.75) is 13.1 Å². The number of H-pyrrole nitrogens is 2. The van der Waals surface area contributed by atoms with Crippen LogP contribution < -0.4 is 10.9 Å². The Morgan fingerprint density at radius 1 is 1.27 bits per heavy atom. The third kappa shape index (κ3) is 1.24. The van der Waals surface area contributed by atoms with Gasteiger partial charge in [0.2, 0.25) is 0 Å². The van der Waals surface area contributed by atoms with Crippen molar-refractivity contribution in [2.24, 2.45) is 0 Å². The van der Waals surface area contributed by atoms with Crippen LogP contribution in [-0.4, -0.2) is 25.1 Å². The maximum atomic E-state index is 11.6. The van der Waals surface area contributed by atoms with E-state index in [0.29, 0.717) is 30.3 Å². The van der Waals surface area contributed by atoms with Crippen molar-refractivity contribution in [3.05, 3.63) is 27.9 Å². The number of nitrogens with zero attached hydrogens (tertiary/aromatic N) is 3. The van der Waals surface area contributed by atoms with Crippen LogP contribution in [0.25, 0.3) is 11.6 Å². The van der Waals surface area contributed by atoms with E-state index < -0.39 is 0 Å². The van der Waals surface area contributed by atoms with Gasteiger partial charge >= 0.3 is 0 Å². The molecule has 0 bridgehead atoms. The summed E-state index contributed by atoms with van der Waals surface area (Å²) in [5.74, 6) is 0.904. The van der Waals surface area contributed by atoms with Crippen LogP contribution in [0.1, 0.15) is 11.3 Å². The molecular formula is C8H8N6O. The number of fused-ring (bicyclic) bond motifs is 1. The molecule has 0 spiro atoms. The van der Waals surface area contributed by atoms with Gasteiger partial charge in [-0.05, 0) is 0 Å². The number of rotatable bonds is 1. The van der Waals surface area contributed by atoms with E-state index in [4.69, 9.17) is 0 Å². The van der Waals surface area contributed by atoms with Crippen molar-refractivity contribution >= 4 is 0 Å². The molecule has 0 amide bonds. The van der Waals surface area contributed by atoms with Gasteiger partial charge < -0.3 is 10.3 Å². The fourth-order valence-electron chi connectivity index (χ4n) is 1.61. The lowest BCUT2D eigenvalue weighted by atomic mass is 10.3. The molecule has 3 heterocycles. The molecule has 7 nitrogen and oxygen atoms in total. The first kappa shape index (κ1) is 8.30. The summed E-state index contributed by atoms with van der Waals surface area (Å²) in [5.41, 5.74) is 1.37. The summed E-state index contributed by atoms with van der Waals surface area (Å²) >= 11 is 0. The standard InChI is InChI=1S/C8H8N6O/c15-8-4-1-9-2-5(4)12-7(13-8)6-10-3-11-14-6/h3,9H,1-2H2,(H,10,11,14)(H,12,13,15). The second-order valence-corrected chi connectivity index (χ2v) is 3.28. The summed E-state index contributed by atoms with van der Waals surface area (Å²) < 4.78 is 0. The van der Waals surface area contributed by atoms with Crippen LogP contribution in [0, 0.1) is 0 Å². The van der Waals surface area contributed by atoms with Crippen LogP contribution in [0.15, 0.2) is 11.1 Å². The molecule has 3 N–H and O–H groups in total. The zero-order chi connectivity index (χ0) is 10.3. The molecule has 0 unspecified atom stereocenters. The smallest absolute Gasteiger partial charge is 0.256 e. The molecule has 3 rings (SSSR count). The SMILES string of the molecule is O=c1[nH]c(-c2ncn[nH]2)nc2c1CNC2. The molecular weight excluding hydrogens is 196 g/mol. The van der Waals surface area contributed by atoms with Crippen LogP contribution in [0.4, 0.5) is 0 Å². The number of hydrogen-bond acceptors (Lipinski definition) is 5. The summed E-state index contributed by atoms with van der Waals surface area (Å²) in [5, 5.41) is 9.44. The molecule has 0 saturated heterocycles.